The largest absolute Gasteiger partial charge is 0.443 e. The van der Waals surface area contributed by atoms with E-state index in [1.807, 2.05) is 63.2 Å². The summed E-state index contributed by atoms with van der Waals surface area (Å²) in [5, 5.41) is 42.4. The molecule has 20 heterocycles. The second kappa shape index (κ2) is 36.5. The molecule has 21 rings (SSSR count). The van der Waals surface area contributed by atoms with Gasteiger partial charge in [-0.2, -0.15) is 42.1 Å². The first-order valence-electron chi connectivity index (χ1n) is 43.6. The van der Waals surface area contributed by atoms with Gasteiger partial charge >= 0.3 is 6.61 Å². The normalized spacial score (nSPS) is 17.7. The Balaban J connectivity index is 0.000000117. The molecule has 678 valence electrons. The number of nitrogens with zero attached hydrogens (tertiary/aromatic N) is 30. The molecule has 0 bridgehead atoms. The number of benzene rings is 1. The molecule has 15 aromatic heterocycles. The number of nitrogens with two attached hydrogens (primary N) is 4. The van der Waals surface area contributed by atoms with Crippen LogP contribution in [0.4, 0.5) is 59.7 Å². The molecule has 5 aliphatic heterocycles. The van der Waals surface area contributed by atoms with Crippen molar-refractivity contribution in [2.45, 2.75) is 181 Å². The molecule has 40 nitrogen and oxygen atoms in total. The van der Waals surface area contributed by atoms with Crippen molar-refractivity contribution in [2.75, 3.05) is 108 Å². The lowest BCUT2D eigenvalue weighted by Crippen LogP contribution is -2.35. The van der Waals surface area contributed by atoms with Crippen molar-refractivity contribution < 1.29 is 41.0 Å². The summed E-state index contributed by atoms with van der Waals surface area (Å²) in [4.78, 5) is 62.9. The van der Waals surface area contributed by atoms with E-state index in [9.17, 15) is 18.3 Å². The molecule has 0 aliphatic carbocycles. The Labute approximate surface area is 743 Å². The van der Waals surface area contributed by atoms with Crippen LogP contribution in [0.3, 0.4) is 0 Å². The Morgan fingerprint density at radius 1 is 0.485 bits per heavy atom. The van der Waals surface area contributed by atoms with Gasteiger partial charge < -0.3 is 70.4 Å². The molecule has 0 spiro atoms. The lowest BCUT2D eigenvalue weighted by atomic mass is 9.97. The first-order valence-corrected chi connectivity index (χ1v) is 43.6. The molecule has 9 N–H and O–H groups in total. The van der Waals surface area contributed by atoms with Crippen molar-refractivity contribution in [3.05, 3.63) is 168 Å². The maximum Gasteiger partial charge on any atom is 0.388 e. The third-order valence-corrected chi connectivity index (χ3v) is 24.3. The number of nitrogen functional groups attached to an aromatic ring is 4. The number of pyridine rings is 1. The minimum Gasteiger partial charge on any atom is -0.443 e. The van der Waals surface area contributed by atoms with Crippen LogP contribution in [0.5, 0.6) is 5.88 Å². The molecule has 0 amide bonds. The van der Waals surface area contributed by atoms with Gasteiger partial charge in [0.25, 0.3) is 0 Å². The molecule has 5 aliphatic rings. The molecule has 130 heavy (non-hydrogen) atoms. The third-order valence-electron chi connectivity index (χ3n) is 24.3. The van der Waals surface area contributed by atoms with E-state index in [0.29, 0.717) is 105 Å². The predicted molar refractivity (Wildman–Crippen MR) is 476 cm³/mol. The summed E-state index contributed by atoms with van der Waals surface area (Å²) in [6.45, 7) is 23.1. The summed E-state index contributed by atoms with van der Waals surface area (Å²) >= 11 is 0. The van der Waals surface area contributed by atoms with Gasteiger partial charge in [-0.1, -0.05) is 12.1 Å². The Morgan fingerprint density at radius 3 is 1.29 bits per heavy atom. The highest BCUT2D eigenvalue weighted by molar-refractivity contribution is 5.72. The molecule has 43 heteroatoms. The van der Waals surface area contributed by atoms with Gasteiger partial charge in [0.1, 0.15) is 41.7 Å². The van der Waals surface area contributed by atoms with E-state index in [2.05, 4.69) is 116 Å². The standard InChI is InChI=1S/C24H29FN8O.C22H27N9O2.C21H22F2N8O2.C20H25N9O/c1-15-20(16-6-4-8-18(25)10-16)28-23(26)33-22(15)29-21(30-33)17-7-5-9-31(12-17)19-11-27-32(13-19)14-24(2,3)34;1-14-18(21-24-6-10-33-21)26-22(23)31-20(14)27-19(28-31)15-3-2-7-29(12-15)17-11-25-30(13-17)16-4-8-32-9-5-16;1-11-8-14(9-26-18(11)33-20(22)23)30-6-3-4-13(10-30)16-28-17-12(2)15(19-25-5-7-32-19)27-21(24)31(17)29-16;1-12(2)28-11-15(9-23-28)27-7-4-5-14(10-27)17-25-18-13(3)16(19-22-6-8-30-19)24-20(21)29(18)26-17/h4,6,8,10-11,13,17,34H,5,7,9,12,14H2,1-3H3,(H2,26,28);6,10-11,13,15-16H,2-5,7-9,12H2,1H3,(H2,23,26);5,7-9,13,20H,3-4,6,10H2,1-2H3,(H2,24,27);6,8-9,11-12,14H,4-5,7,10H2,1-3H3,(H2,21,24)/t17-;15-;13-;14-/m1111/s1. The van der Waals surface area contributed by atoms with Crippen molar-refractivity contribution in [3.63, 3.8) is 0 Å². The summed E-state index contributed by atoms with van der Waals surface area (Å²) < 4.78 is 77.2. The highest BCUT2D eigenvalue weighted by atomic mass is 19.3. The van der Waals surface area contributed by atoms with Crippen LogP contribution in [0.2, 0.25) is 0 Å². The van der Waals surface area contributed by atoms with Gasteiger partial charge in [0, 0.05) is 147 Å². The summed E-state index contributed by atoms with van der Waals surface area (Å²) in [5.74, 6) is 5.37. The Bertz CT molecular complexity index is 6640. The molecular weight excluding hydrogens is 1670 g/mol. The molecule has 5 fully saturated rings. The number of oxazole rings is 3. The molecule has 16 aromatic rings. The quantitative estimate of drug-likeness (QED) is 0.0532. The van der Waals surface area contributed by atoms with Crippen LogP contribution in [0.25, 0.3) is 68.6 Å². The van der Waals surface area contributed by atoms with Crippen LogP contribution in [0.1, 0.15) is 179 Å². The summed E-state index contributed by atoms with van der Waals surface area (Å²) in [6.07, 6.45) is 32.8. The highest BCUT2D eigenvalue weighted by Gasteiger charge is 2.35. The fourth-order valence-electron chi connectivity index (χ4n) is 17.6. The number of fused-ring (bicyclic) bond motifs is 4. The van der Waals surface area contributed by atoms with Gasteiger partial charge in [-0.25, -0.2) is 64.2 Å². The lowest BCUT2D eigenvalue weighted by Gasteiger charge is -2.33. The van der Waals surface area contributed by atoms with E-state index in [4.69, 9.17) is 76.2 Å². The monoisotopic (exact) mass is 1780 g/mol. The average Bonchev–Trinajstić information content (AvgIpc) is 1.63. The van der Waals surface area contributed by atoms with Crippen molar-refractivity contribution in [2.24, 2.45) is 0 Å². The second-order valence-electron chi connectivity index (χ2n) is 34.5. The molecule has 5 saturated heterocycles. The average molecular weight is 1780 g/mol. The molecule has 4 atom stereocenters. The first kappa shape index (κ1) is 86.5. The number of rotatable bonds is 18. The number of aromatic nitrogens is 26. The van der Waals surface area contributed by atoms with E-state index >= 15 is 0 Å². The third kappa shape index (κ3) is 18.2. The minimum absolute atomic E-state index is 0.0555. The van der Waals surface area contributed by atoms with Gasteiger partial charge in [-0.3, -0.25) is 14.0 Å². The minimum atomic E-state index is -2.91. The van der Waals surface area contributed by atoms with E-state index in [1.54, 1.807) is 75.9 Å². The van der Waals surface area contributed by atoms with Crippen molar-refractivity contribution in [1.82, 2.24) is 128 Å². The number of aryl methyl sites for hydroxylation is 5. The Morgan fingerprint density at radius 2 is 0.892 bits per heavy atom. The molecule has 0 radical (unpaired) electrons. The molecular formula is C87H103F3N34O6. The number of aliphatic hydroxyl groups is 1. The smallest absolute Gasteiger partial charge is 0.388 e. The van der Waals surface area contributed by atoms with Gasteiger partial charge in [-0.05, 0) is 145 Å². The SMILES string of the molecule is Cc1c(-c2cccc(F)c2)nc(N)n2nc([C@@H]3CCCN(c4cnn(CC(C)(C)O)c4)C3)nc12.Cc1c(-c2ncco2)nc(N)n2nc([C@@H]3CCCN(c4cnn(C(C)C)c4)C3)nc12.Cc1c(-c2ncco2)nc(N)n2nc([C@@H]3CCCN(c4cnn(C5CCOCC5)c4)C3)nc12.Cc1cc(N2CCC[C@@H](c3nc4c(C)c(-c5ncco5)nc(N)n4n3)C2)cnc1OC(F)F. The number of ether oxygens (including phenoxy) is 2. The van der Waals surface area contributed by atoms with Gasteiger partial charge in [0.05, 0.1) is 90.0 Å². The van der Waals surface area contributed by atoms with Crippen molar-refractivity contribution in [1.29, 1.82) is 0 Å². The number of alkyl halides is 2. The topological polar surface area (TPSA) is 472 Å². The van der Waals surface area contributed by atoms with Crippen LogP contribution >= 0.6 is 0 Å². The van der Waals surface area contributed by atoms with E-state index < -0.39 is 12.2 Å². The van der Waals surface area contributed by atoms with Crippen LogP contribution in [0, 0.1) is 40.4 Å². The zero-order valence-corrected chi connectivity index (χ0v) is 73.6. The first-order chi connectivity index (χ1) is 62.8. The summed E-state index contributed by atoms with van der Waals surface area (Å²) in [6, 6.07) is 8.88. The number of hydrogen-bond acceptors (Lipinski definition) is 33. The van der Waals surface area contributed by atoms with Crippen LogP contribution in [-0.4, -0.2) is 210 Å². The fraction of sp³-hybridized carbons (Fsp3) is 0.437. The zero-order chi connectivity index (χ0) is 90.3. The molecule has 0 saturated carbocycles. The number of anilines is 8. The van der Waals surface area contributed by atoms with Crippen LogP contribution < -0.4 is 47.3 Å². The second-order valence-corrected chi connectivity index (χ2v) is 34.5. The lowest BCUT2D eigenvalue weighted by molar-refractivity contribution is -0.0533. The summed E-state index contributed by atoms with van der Waals surface area (Å²) in [5.41, 5.74) is 37.5. The van der Waals surface area contributed by atoms with Gasteiger partial charge in [0.2, 0.25) is 47.3 Å². The maximum absolute atomic E-state index is 13.8. The van der Waals surface area contributed by atoms with Crippen LogP contribution in [-0.2, 0) is 11.3 Å². The van der Waals surface area contributed by atoms with E-state index in [0.717, 1.165) is 186 Å². The predicted octanol–water partition coefficient (Wildman–Crippen LogP) is 12.0. The molecule has 1 aromatic carbocycles. The summed E-state index contributed by atoms with van der Waals surface area (Å²) in [7, 11) is 0. The zero-order valence-electron chi connectivity index (χ0n) is 73.6. The highest BCUT2D eigenvalue weighted by Crippen LogP contribution is 2.39. The van der Waals surface area contributed by atoms with E-state index in [1.165, 1.54) is 35.4 Å². The van der Waals surface area contributed by atoms with Gasteiger partial charge in [0.15, 0.2) is 45.9 Å². The number of halogens is 3. The fourth-order valence-corrected chi connectivity index (χ4v) is 17.6. The Kier molecular flexibility index (Phi) is 24.3. The number of hydrogen-bond donors (Lipinski definition) is 5. The molecule has 0 unspecified atom stereocenters. The maximum atomic E-state index is 13.8. The van der Waals surface area contributed by atoms with Crippen molar-refractivity contribution in [3.8, 4) is 51.9 Å². The van der Waals surface area contributed by atoms with E-state index in [-0.39, 0.29) is 59.2 Å². The van der Waals surface area contributed by atoms with Crippen LogP contribution in [0.15, 0.2) is 124 Å². The van der Waals surface area contributed by atoms with Crippen molar-refractivity contribution >= 4 is 69.1 Å². The number of piperidine rings is 4. The Hall–Kier alpha value is -14.3. The van der Waals surface area contributed by atoms with Gasteiger partial charge in [-0.15, -0.1) is 20.4 Å².